The molecule has 3 N–H and O–H groups in total. The van der Waals surface area contributed by atoms with Gasteiger partial charge in [-0.1, -0.05) is 69.8 Å². The Morgan fingerprint density at radius 2 is 1.12 bits per heavy atom. The van der Waals surface area contributed by atoms with E-state index in [0.717, 1.165) is 68.3 Å². The summed E-state index contributed by atoms with van der Waals surface area (Å²) < 4.78 is 13.4. The van der Waals surface area contributed by atoms with Gasteiger partial charge in [-0.15, -0.1) is 0 Å². The number of H-pyrrole nitrogens is 3. The molecule has 2 aromatic carbocycles. The van der Waals surface area contributed by atoms with E-state index in [0.29, 0.717) is 0 Å². The molecule has 8 aromatic rings. The Morgan fingerprint density at radius 1 is 0.592 bits per heavy atom. The Hall–Kier alpha value is -6.15. The molecular formula is C41H37FN6O. The van der Waals surface area contributed by atoms with E-state index in [1.807, 2.05) is 24.5 Å². The van der Waals surface area contributed by atoms with Gasteiger partial charge in [0.25, 0.3) is 0 Å². The van der Waals surface area contributed by atoms with Gasteiger partial charge in [0.1, 0.15) is 11.3 Å². The summed E-state index contributed by atoms with van der Waals surface area (Å²) in [7, 11) is 0. The highest BCUT2D eigenvalue weighted by Gasteiger charge is 2.13. The lowest BCUT2D eigenvalue weighted by molar-refractivity contribution is 0.584. The SMILES string of the molecule is C.CCc1ccccc1-c1c[nH]c2ncc(-c3cc[nH]c(=O)c3)cc12.CCc1ccccc1-c1c[nH]c2ncc(-c3ccnc(F)c3)cc12. The summed E-state index contributed by atoms with van der Waals surface area (Å²) >= 11 is 0. The molecule has 0 fully saturated rings. The van der Waals surface area contributed by atoms with E-state index in [1.54, 1.807) is 30.7 Å². The van der Waals surface area contributed by atoms with Crippen molar-refractivity contribution in [2.75, 3.05) is 0 Å². The van der Waals surface area contributed by atoms with Crippen LogP contribution in [0.3, 0.4) is 0 Å². The van der Waals surface area contributed by atoms with Gasteiger partial charge in [0.15, 0.2) is 0 Å². The van der Waals surface area contributed by atoms with E-state index in [4.69, 9.17) is 0 Å². The summed E-state index contributed by atoms with van der Waals surface area (Å²) in [5, 5.41) is 2.10. The predicted octanol–water partition coefficient (Wildman–Crippen LogP) is 9.78. The van der Waals surface area contributed by atoms with Crippen LogP contribution in [0.4, 0.5) is 4.39 Å². The van der Waals surface area contributed by atoms with Gasteiger partial charge in [-0.05, 0) is 70.5 Å². The molecule has 6 aromatic heterocycles. The van der Waals surface area contributed by atoms with Gasteiger partial charge in [-0.25, -0.2) is 15.0 Å². The minimum absolute atomic E-state index is 0. The second-order valence-corrected chi connectivity index (χ2v) is 11.5. The first kappa shape index (κ1) is 32.8. The third-order valence-electron chi connectivity index (χ3n) is 8.61. The number of rotatable bonds is 6. The number of hydrogen-bond acceptors (Lipinski definition) is 4. The number of aromatic amines is 3. The van der Waals surface area contributed by atoms with Gasteiger partial charge >= 0.3 is 0 Å². The molecular weight excluding hydrogens is 611 g/mol. The third-order valence-corrected chi connectivity index (χ3v) is 8.61. The van der Waals surface area contributed by atoms with Gasteiger partial charge in [-0.3, -0.25) is 4.79 Å². The molecule has 0 saturated carbocycles. The fraction of sp³-hybridized carbons (Fsp3) is 0.122. The quantitative estimate of drug-likeness (QED) is 0.156. The second-order valence-electron chi connectivity index (χ2n) is 11.5. The van der Waals surface area contributed by atoms with Crippen molar-refractivity contribution in [3.8, 4) is 44.5 Å². The van der Waals surface area contributed by atoms with E-state index in [1.165, 1.54) is 34.5 Å². The number of hydrogen-bond donors (Lipinski definition) is 3. The van der Waals surface area contributed by atoms with Crippen LogP contribution in [0.15, 0.2) is 127 Å². The number of halogens is 1. The van der Waals surface area contributed by atoms with E-state index < -0.39 is 5.95 Å². The second kappa shape index (κ2) is 14.3. The molecule has 0 aliphatic carbocycles. The number of fused-ring (bicyclic) bond motifs is 2. The number of aromatic nitrogens is 6. The van der Waals surface area contributed by atoms with Crippen LogP contribution in [0.1, 0.15) is 32.4 Å². The van der Waals surface area contributed by atoms with Crippen LogP contribution >= 0.6 is 0 Å². The monoisotopic (exact) mass is 648 g/mol. The van der Waals surface area contributed by atoms with Gasteiger partial charge in [0.2, 0.25) is 11.5 Å². The topological polar surface area (TPSA) is 103 Å². The average Bonchev–Trinajstić information content (AvgIpc) is 3.75. The fourth-order valence-electron chi connectivity index (χ4n) is 6.16. The normalized spacial score (nSPS) is 10.8. The number of pyridine rings is 4. The first-order valence-electron chi connectivity index (χ1n) is 15.9. The average molecular weight is 649 g/mol. The Bertz CT molecular complexity index is 2440. The molecule has 0 saturated heterocycles. The van der Waals surface area contributed by atoms with Gasteiger partial charge in [0.05, 0.1) is 0 Å². The highest BCUT2D eigenvalue weighted by Crippen LogP contribution is 2.34. The summed E-state index contributed by atoms with van der Waals surface area (Å²) in [6.07, 6.45) is 12.6. The lowest BCUT2D eigenvalue weighted by Crippen LogP contribution is -2.02. The molecule has 49 heavy (non-hydrogen) atoms. The molecule has 8 rings (SSSR count). The Labute approximate surface area is 284 Å². The summed E-state index contributed by atoms with van der Waals surface area (Å²) in [4.78, 5) is 33.3. The zero-order valence-electron chi connectivity index (χ0n) is 26.6. The van der Waals surface area contributed by atoms with Gasteiger partial charge < -0.3 is 15.0 Å². The minimum Gasteiger partial charge on any atom is -0.346 e. The van der Waals surface area contributed by atoms with Gasteiger partial charge in [-0.2, -0.15) is 4.39 Å². The van der Waals surface area contributed by atoms with E-state index >= 15 is 0 Å². The smallest absolute Gasteiger partial charge is 0.248 e. The molecule has 0 spiro atoms. The number of benzene rings is 2. The van der Waals surface area contributed by atoms with Crippen molar-refractivity contribution in [1.29, 1.82) is 0 Å². The molecule has 0 amide bonds. The van der Waals surface area contributed by atoms with Crippen molar-refractivity contribution in [2.45, 2.75) is 34.1 Å². The van der Waals surface area contributed by atoms with Crippen LogP contribution in [0, 0.1) is 5.95 Å². The van der Waals surface area contributed by atoms with E-state index in [9.17, 15) is 9.18 Å². The van der Waals surface area contributed by atoms with Crippen LogP contribution < -0.4 is 5.56 Å². The molecule has 8 heteroatoms. The minimum atomic E-state index is -0.488. The Morgan fingerprint density at radius 3 is 1.63 bits per heavy atom. The highest BCUT2D eigenvalue weighted by molar-refractivity contribution is 5.97. The van der Waals surface area contributed by atoms with Crippen molar-refractivity contribution in [2.24, 2.45) is 0 Å². The van der Waals surface area contributed by atoms with Crippen molar-refractivity contribution in [3.05, 3.63) is 150 Å². The highest BCUT2D eigenvalue weighted by atomic mass is 19.1. The number of nitrogens with one attached hydrogen (secondary N) is 3. The predicted molar refractivity (Wildman–Crippen MR) is 198 cm³/mol. The van der Waals surface area contributed by atoms with Crippen LogP contribution in [-0.4, -0.2) is 29.9 Å². The molecule has 0 aliphatic heterocycles. The van der Waals surface area contributed by atoms with Crippen LogP contribution in [0.25, 0.3) is 66.6 Å². The van der Waals surface area contributed by atoms with Crippen molar-refractivity contribution < 1.29 is 4.39 Å². The number of nitrogens with zero attached hydrogens (tertiary/aromatic N) is 3. The maximum absolute atomic E-state index is 13.4. The molecule has 0 aliphatic rings. The van der Waals surface area contributed by atoms with Crippen LogP contribution in [-0.2, 0) is 12.8 Å². The molecule has 0 radical (unpaired) electrons. The van der Waals surface area contributed by atoms with Crippen molar-refractivity contribution in [3.63, 3.8) is 0 Å². The number of aryl methyl sites for hydroxylation is 2. The summed E-state index contributed by atoms with van der Waals surface area (Å²) in [6.45, 7) is 4.31. The largest absolute Gasteiger partial charge is 0.346 e. The van der Waals surface area contributed by atoms with Crippen molar-refractivity contribution in [1.82, 2.24) is 29.9 Å². The fourth-order valence-corrected chi connectivity index (χ4v) is 6.16. The van der Waals surface area contributed by atoms with Crippen LogP contribution in [0.2, 0.25) is 0 Å². The zero-order chi connectivity index (χ0) is 33.0. The standard InChI is InChI=1S/C20H16FN3.C20H17N3O.CH4/c1-2-13-5-3-4-6-16(13)18-12-24-20-17(18)9-15(11-23-20)14-7-8-22-19(21)10-14;1-2-13-5-3-4-6-16(13)18-12-23-20-17(18)9-15(11-22-20)14-7-8-21-19(24)10-14;/h3-12H,2H2,1H3,(H,23,24);3-12H,2H2,1H3,(H,21,24)(H,22,23);1H4. The first-order chi connectivity index (χ1) is 23.5. The first-order valence-corrected chi connectivity index (χ1v) is 15.9. The molecule has 0 atom stereocenters. The zero-order valence-corrected chi connectivity index (χ0v) is 26.6. The third kappa shape index (κ3) is 6.67. The molecule has 7 nitrogen and oxygen atoms in total. The summed E-state index contributed by atoms with van der Waals surface area (Å²) in [5.74, 6) is -0.488. The van der Waals surface area contributed by atoms with E-state index in [-0.39, 0.29) is 13.0 Å². The molecule has 6 heterocycles. The van der Waals surface area contributed by atoms with Gasteiger partial charge in [0, 0.05) is 82.3 Å². The Balaban J connectivity index is 0.000000167. The van der Waals surface area contributed by atoms with Crippen molar-refractivity contribution >= 4 is 22.1 Å². The van der Waals surface area contributed by atoms with Crippen LogP contribution in [0.5, 0.6) is 0 Å². The van der Waals surface area contributed by atoms with E-state index in [2.05, 4.69) is 98.3 Å². The summed E-state index contributed by atoms with van der Waals surface area (Å²) in [5.41, 5.74) is 12.3. The molecule has 244 valence electrons. The maximum atomic E-state index is 13.4. The summed E-state index contributed by atoms with van der Waals surface area (Å²) in [6, 6.07) is 27.6. The lowest BCUT2D eigenvalue weighted by atomic mass is 9.97. The molecule has 0 unspecified atom stereocenters. The lowest BCUT2D eigenvalue weighted by Gasteiger charge is -2.07. The molecule has 0 bridgehead atoms. The Kier molecular flexibility index (Phi) is 9.57. The maximum Gasteiger partial charge on any atom is 0.248 e.